The van der Waals surface area contributed by atoms with Crippen LogP contribution in [-0.2, 0) is 0 Å². The SMILES string of the molecule is Cc1c(Cl)nc2ncnn2c1N(C)C(C)C1CC1. The fourth-order valence-electron chi connectivity index (χ4n) is 2.39. The molecule has 1 unspecified atom stereocenters. The summed E-state index contributed by atoms with van der Waals surface area (Å²) in [5.74, 6) is 2.32. The van der Waals surface area contributed by atoms with E-state index in [2.05, 4.69) is 33.9 Å². The molecule has 2 heterocycles. The molecule has 1 atom stereocenters. The Morgan fingerprint density at radius 2 is 2.22 bits per heavy atom. The highest BCUT2D eigenvalue weighted by Gasteiger charge is 2.32. The Balaban J connectivity index is 2.13. The van der Waals surface area contributed by atoms with Crippen LogP contribution >= 0.6 is 11.6 Å². The fraction of sp³-hybridized carbons (Fsp3) is 0.583. The molecule has 0 spiro atoms. The Morgan fingerprint density at radius 3 is 2.89 bits per heavy atom. The second-order valence-electron chi connectivity index (χ2n) is 5.01. The minimum absolute atomic E-state index is 0.481. The Bertz CT molecular complexity index is 589. The molecule has 5 nitrogen and oxygen atoms in total. The van der Waals surface area contributed by atoms with Gasteiger partial charge in [-0.2, -0.15) is 19.6 Å². The number of fused-ring (bicyclic) bond motifs is 1. The van der Waals surface area contributed by atoms with Gasteiger partial charge in [-0.15, -0.1) is 0 Å². The molecule has 1 aliphatic carbocycles. The second-order valence-corrected chi connectivity index (χ2v) is 5.37. The maximum atomic E-state index is 6.17. The molecule has 3 rings (SSSR count). The van der Waals surface area contributed by atoms with E-state index in [1.165, 1.54) is 19.2 Å². The summed E-state index contributed by atoms with van der Waals surface area (Å²) in [5.41, 5.74) is 0.949. The maximum Gasteiger partial charge on any atom is 0.255 e. The second kappa shape index (κ2) is 4.09. The summed E-state index contributed by atoms with van der Waals surface area (Å²) in [5, 5.41) is 4.75. The van der Waals surface area contributed by atoms with E-state index in [4.69, 9.17) is 11.6 Å². The molecule has 96 valence electrons. The molecule has 0 aliphatic heterocycles. The van der Waals surface area contributed by atoms with Crippen molar-refractivity contribution in [1.29, 1.82) is 0 Å². The number of anilines is 1. The first-order valence-electron chi connectivity index (χ1n) is 6.18. The van der Waals surface area contributed by atoms with Gasteiger partial charge < -0.3 is 4.90 Å². The summed E-state index contributed by atoms with van der Waals surface area (Å²) in [6.45, 7) is 4.22. The average molecular weight is 266 g/mol. The van der Waals surface area contributed by atoms with Crippen molar-refractivity contribution in [3.05, 3.63) is 17.0 Å². The van der Waals surface area contributed by atoms with E-state index in [0.29, 0.717) is 17.0 Å². The van der Waals surface area contributed by atoms with Gasteiger partial charge in [0.2, 0.25) is 0 Å². The van der Waals surface area contributed by atoms with Gasteiger partial charge >= 0.3 is 0 Å². The Morgan fingerprint density at radius 1 is 1.50 bits per heavy atom. The monoisotopic (exact) mass is 265 g/mol. The molecule has 0 radical (unpaired) electrons. The lowest BCUT2D eigenvalue weighted by molar-refractivity contribution is 0.595. The number of hydrogen-bond donors (Lipinski definition) is 0. The Labute approximate surface area is 111 Å². The van der Waals surface area contributed by atoms with E-state index in [1.54, 1.807) is 4.52 Å². The molecule has 1 aliphatic rings. The first-order chi connectivity index (χ1) is 8.59. The normalized spacial score (nSPS) is 17.1. The molecule has 0 amide bonds. The van der Waals surface area contributed by atoms with Crippen LogP contribution in [0.4, 0.5) is 5.82 Å². The molecule has 1 fully saturated rings. The topological polar surface area (TPSA) is 46.3 Å². The van der Waals surface area contributed by atoms with Gasteiger partial charge in [-0.1, -0.05) is 11.6 Å². The summed E-state index contributed by atoms with van der Waals surface area (Å²) in [6.07, 6.45) is 4.13. The van der Waals surface area contributed by atoms with Crippen molar-refractivity contribution >= 4 is 23.2 Å². The van der Waals surface area contributed by atoms with Gasteiger partial charge in [-0.3, -0.25) is 0 Å². The molecule has 0 N–H and O–H groups in total. The molecule has 0 saturated heterocycles. The molecule has 6 heteroatoms. The highest BCUT2D eigenvalue weighted by Crippen LogP contribution is 2.37. The number of nitrogens with zero attached hydrogens (tertiary/aromatic N) is 5. The van der Waals surface area contributed by atoms with Crippen molar-refractivity contribution in [1.82, 2.24) is 19.6 Å². The van der Waals surface area contributed by atoms with Crippen LogP contribution in [-0.4, -0.2) is 32.7 Å². The van der Waals surface area contributed by atoms with Gasteiger partial charge in [-0.05, 0) is 32.6 Å². The summed E-state index contributed by atoms with van der Waals surface area (Å²) in [4.78, 5) is 10.6. The van der Waals surface area contributed by atoms with Crippen LogP contribution in [0.2, 0.25) is 5.15 Å². The van der Waals surface area contributed by atoms with Crippen molar-refractivity contribution in [2.24, 2.45) is 5.92 Å². The number of hydrogen-bond acceptors (Lipinski definition) is 4. The van der Waals surface area contributed by atoms with Crippen LogP contribution in [0, 0.1) is 12.8 Å². The number of halogens is 1. The van der Waals surface area contributed by atoms with E-state index in [1.807, 2.05) is 6.92 Å². The van der Waals surface area contributed by atoms with Crippen LogP contribution in [0.1, 0.15) is 25.3 Å². The van der Waals surface area contributed by atoms with E-state index in [-0.39, 0.29) is 0 Å². The molecule has 2 aromatic rings. The zero-order chi connectivity index (χ0) is 12.9. The first-order valence-corrected chi connectivity index (χ1v) is 6.56. The third-order valence-corrected chi connectivity index (χ3v) is 4.19. The standard InChI is InChI=1S/C12H16ClN5/c1-7-10(13)16-12-14-6-15-18(12)11(7)17(3)8(2)9-4-5-9/h6,8-9H,4-5H2,1-3H3. The first kappa shape index (κ1) is 11.7. The van der Waals surface area contributed by atoms with Gasteiger partial charge in [0.05, 0.1) is 0 Å². The van der Waals surface area contributed by atoms with Crippen LogP contribution in [0.5, 0.6) is 0 Å². The van der Waals surface area contributed by atoms with E-state index >= 15 is 0 Å². The van der Waals surface area contributed by atoms with E-state index in [0.717, 1.165) is 17.3 Å². The van der Waals surface area contributed by atoms with E-state index < -0.39 is 0 Å². The third-order valence-electron chi connectivity index (χ3n) is 3.82. The quantitative estimate of drug-likeness (QED) is 0.799. The largest absolute Gasteiger partial charge is 0.356 e. The van der Waals surface area contributed by atoms with Crippen LogP contribution in [0.3, 0.4) is 0 Å². The molecule has 0 bridgehead atoms. The molecule has 2 aromatic heterocycles. The zero-order valence-electron chi connectivity index (χ0n) is 10.8. The zero-order valence-corrected chi connectivity index (χ0v) is 11.5. The minimum atomic E-state index is 0.481. The Hall–Kier alpha value is -1.36. The van der Waals surface area contributed by atoms with Crippen molar-refractivity contribution in [2.75, 3.05) is 11.9 Å². The van der Waals surface area contributed by atoms with Gasteiger partial charge in [0.15, 0.2) is 0 Å². The predicted octanol–water partition coefficient (Wildman–Crippen LogP) is 2.32. The smallest absolute Gasteiger partial charge is 0.255 e. The van der Waals surface area contributed by atoms with Gasteiger partial charge in [0, 0.05) is 18.7 Å². The summed E-state index contributed by atoms with van der Waals surface area (Å²) in [6, 6.07) is 0.481. The molecule has 18 heavy (non-hydrogen) atoms. The average Bonchev–Trinajstić information content (AvgIpc) is 3.10. The maximum absolute atomic E-state index is 6.17. The van der Waals surface area contributed by atoms with Crippen molar-refractivity contribution in [3.63, 3.8) is 0 Å². The predicted molar refractivity (Wildman–Crippen MR) is 71.1 cm³/mol. The van der Waals surface area contributed by atoms with E-state index in [9.17, 15) is 0 Å². The van der Waals surface area contributed by atoms with Gasteiger partial charge in [-0.25, -0.2) is 0 Å². The molecular weight excluding hydrogens is 250 g/mol. The van der Waals surface area contributed by atoms with Crippen LogP contribution in [0.25, 0.3) is 5.78 Å². The molecule has 0 aromatic carbocycles. The highest BCUT2D eigenvalue weighted by molar-refractivity contribution is 6.30. The molecular formula is C12H16ClN5. The lowest BCUT2D eigenvalue weighted by Crippen LogP contribution is -2.33. The number of rotatable bonds is 3. The lowest BCUT2D eigenvalue weighted by Gasteiger charge is -2.28. The summed E-state index contributed by atoms with van der Waals surface area (Å²) in [7, 11) is 2.09. The molecule has 1 saturated carbocycles. The highest BCUT2D eigenvalue weighted by atomic mass is 35.5. The van der Waals surface area contributed by atoms with Gasteiger partial charge in [0.25, 0.3) is 5.78 Å². The van der Waals surface area contributed by atoms with Crippen LogP contribution < -0.4 is 4.90 Å². The summed E-state index contributed by atoms with van der Waals surface area (Å²) >= 11 is 6.17. The number of aromatic nitrogens is 4. The lowest BCUT2D eigenvalue weighted by atomic mass is 10.2. The minimum Gasteiger partial charge on any atom is -0.356 e. The van der Waals surface area contributed by atoms with Gasteiger partial charge in [0.1, 0.15) is 17.3 Å². The summed E-state index contributed by atoms with van der Waals surface area (Å²) < 4.78 is 1.76. The van der Waals surface area contributed by atoms with Crippen LogP contribution in [0.15, 0.2) is 6.33 Å². The Kier molecular flexibility index (Phi) is 2.66. The van der Waals surface area contributed by atoms with Crippen molar-refractivity contribution in [3.8, 4) is 0 Å². The van der Waals surface area contributed by atoms with Crippen molar-refractivity contribution < 1.29 is 0 Å². The third kappa shape index (κ3) is 1.73. The van der Waals surface area contributed by atoms with Crippen molar-refractivity contribution in [2.45, 2.75) is 32.7 Å². The fourth-order valence-corrected chi connectivity index (χ4v) is 2.55.